The Morgan fingerprint density at radius 3 is 2.27 bits per heavy atom. The molecule has 1 aliphatic carbocycles. The van der Waals surface area contributed by atoms with Crippen molar-refractivity contribution in [2.75, 3.05) is 14.2 Å². The number of ether oxygens (including phenoxy) is 2. The van der Waals surface area contributed by atoms with Crippen molar-refractivity contribution in [3.63, 3.8) is 0 Å². The van der Waals surface area contributed by atoms with Crippen LogP contribution in [0.1, 0.15) is 40.0 Å². The van der Waals surface area contributed by atoms with Gasteiger partial charge in [-0.2, -0.15) is 0 Å². The van der Waals surface area contributed by atoms with Gasteiger partial charge in [0.1, 0.15) is 0 Å². The van der Waals surface area contributed by atoms with Crippen LogP contribution in [0, 0.1) is 5.41 Å². The van der Waals surface area contributed by atoms with E-state index in [4.69, 9.17) is 9.47 Å². The van der Waals surface area contributed by atoms with E-state index >= 15 is 0 Å². The van der Waals surface area contributed by atoms with Crippen molar-refractivity contribution in [2.45, 2.75) is 58.4 Å². The van der Waals surface area contributed by atoms with Crippen LogP contribution in [0.3, 0.4) is 0 Å². The van der Waals surface area contributed by atoms with Gasteiger partial charge in [-0.1, -0.05) is 20.3 Å². The van der Waals surface area contributed by atoms with Crippen LogP contribution in [-0.2, 0) is 9.47 Å². The molecule has 1 rings (SSSR count). The molecule has 0 aromatic carbocycles. The zero-order valence-corrected chi connectivity index (χ0v) is 10.7. The molecule has 2 atom stereocenters. The Hall–Kier alpha value is -0.120. The molecule has 2 unspecified atom stereocenters. The zero-order valence-electron chi connectivity index (χ0n) is 10.7. The normalized spacial score (nSPS) is 27.2. The van der Waals surface area contributed by atoms with Crippen LogP contribution in [0.15, 0.2) is 0 Å². The molecule has 0 saturated heterocycles. The molecule has 90 valence electrons. The molecule has 15 heavy (non-hydrogen) atoms. The van der Waals surface area contributed by atoms with Crippen molar-refractivity contribution >= 4 is 0 Å². The highest BCUT2D eigenvalue weighted by Crippen LogP contribution is 2.37. The number of nitrogens with one attached hydrogen (secondary N) is 1. The van der Waals surface area contributed by atoms with Crippen LogP contribution >= 0.6 is 0 Å². The van der Waals surface area contributed by atoms with Crippen molar-refractivity contribution in [3.05, 3.63) is 0 Å². The SMILES string of the molecule is COC(OC)C(C)NC1CCCC1(C)C. The Balaban J connectivity index is 2.46. The summed E-state index contributed by atoms with van der Waals surface area (Å²) in [6.45, 7) is 6.78. The Labute approximate surface area is 93.5 Å². The molecular weight excluding hydrogens is 190 g/mol. The van der Waals surface area contributed by atoms with Crippen LogP contribution in [0.5, 0.6) is 0 Å². The van der Waals surface area contributed by atoms with E-state index in [0.29, 0.717) is 11.5 Å². The molecule has 3 nitrogen and oxygen atoms in total. The number of rotatable bonds is 5. The molecular formula is C12H25NO2. The summed E-state index contributed by atoms with van der Waals surface area (Å²) in [6, 6.07) is 0.822. The van der Waals surface area contributed by atoms with Gasteiger partial charge in [-0.3, -0.25) is 0 Å². The smallest absolute Gasteiger partial charge is 0.171 e. The molecule has 0 aliphatic heterocycles. The van der Waals surface area contributed by atoms with E-state index in [1.807, 2.05) is 0 Å². The van der Waals surface area contributed by atoms with Crippen LogP contribution in [0.4, 0.5) is 0 Å². The first-order valence-corrected chi connectivity index (χ1v) is 5.83. The number of methoxy groups -OCH3 is 2. The summed E-state index contributed by atoms with van der Waals surface area (Å²) < 4.78 is 10.5. The first kappa shape index (κ1) is 12.9. The fourth-order valence-electron chi connectivity index (χ4n) is 2.54. The largest absolute Gasteiger partial charge is 0.354 e. The predicted octanol–water partition coefficient (Wildman–Crippen LogP) is 2.16. The minimum absolute atomic E-state index is 0.151. The van der Waals surface area contributed by atoms with E-state index < -0.39 is 0 Å². The lowest BCUT2D eigenvalue weighted by Crippen LogP contribution is -2.48. The van der Waals surface area contributed by atoms with Crippen molar-refractivity contribution < 1.29 is 9.47 Å². The fraction of sp³-hybridized carbons (Fsp3) is 1.00. The molecule has 0 aromatic rings. The summed E-state index contributed by atoms with van der Waals surface area (Å²) >= 11 is 0. The van der Waals surface area contributed by atoms with Crippen LogP contribution in [-0.4, -0.2) is 32.6 Å². The Bertz CT molecular complexity index is 190. The third-order valence-electron chi connectivity index (χ3n) is 3.59. The summed E-state index contributed by atoms with van der Waals surface area (Å²) in [5, 5.41) is 3.62. The minimum Gasteiger partial charge on any atom is -0.354 e. The lowest BCUT2D eigenvalue weighted by Gasteiger charge is -2.33. The lowest BCUT2D eigenvalue weighted by atomic mass is 9.87. The molecule has 0 radical (unpaired) electrons. The van der Waals surface area contributed by atoms with Gasteiger partial charge in [0, 0.05) is 20.3 Å². The standard InChI is InChI=1S/C12H25NO2/c1-9(11(14-4)15-5)13-10-7-6-8-12(10,2)3/h9-11,13H,6-8H2,1-5H3. The average molecular weight is 215 g/mol. The highest BCUT2D eigenvalue weighted by Gasteiger charge is 2.35. The van der Waals surface area contributed by atoms with Crippen molar-refractivity contribution in [1.29, 1.82) is 0 Å². The molecule has 0 aromatic heterocycles. The molecule has 0 heterocycles. The maximum atomic E-state index is 5.25. The lowest BCUT2D eigenvalue weighted by molar-refractivity contribution is -0.122. The Morgan fingerprint density at radius 2 is 1.87 bits per heavy atom. The Morgan fingerprint density at radius 1 is 1.27 bits per heavy atom. The highest BCUT2D eigenvalue weighted by atomic mass is 16.7. The van der Waals surface area contributed by atoms with Crippen molar-refractivity contribution in [2.24, 2.45) is 5.41 Å². The van der Waals surface area contributed by atoms with Crippen molar-refractivity contribution in [3.8, 4) is 0 Å². The highest BCUT2D eigenvalue weighted by molar-refractivity contribution is 4.91. The van der Waals surface area contributed by atoms with E-state index in [1.54, 1.807) is 14.2 Å². The van der Waals surface area contributed by atoms with E-state index in [2.05, 4.69) is 26.1 Å². The summed E-state index contributed by atoms with van der Waals surface area (Å²) in [5.74, 6) is 0. The molecule has 0 spiro atoms. The van der Waals surface area contributed by atoms with Crippen LogP contribution in [0.2, 0.25) is 0 Å². The molecule has 1 aliphatic rings. The van der Waals surface area contributed by atoms with Gasteiger partial charge in [0.2, 0.25) is 0 Å². The van der Waals surface area contributed by atoms with Gasteiger partial charge >= 0.3 is 0 Å². The number of hydrogen-bond donors (Lipinski definition) is 1. The van der Waals surface area contributed by atoms with E-state index in [0.717, 1.165) is 0 Å². The second kappa shape index (κ2) is 5.28. The summed E-state index contributed by atoms with van der Waals surface area (Å²) in [6.07, 6.45) is 3.74. The minimum atomic E-state index is -0.151. The van der Waals surface area contributed by atoms with E-state index in [9.17, 15) is 0 Å². The summed E-state index contributed by atoms with van der Waals surface area (Å²) in [7, 11) is 3.37. The summed E-state index contributed by atoms with van der Waals surface area (Å²) in [4.78, 5) is 0. The second-order valence-corrected chi connectivity index (χ2v) is 5.23. The van der Waals surface area contributed by atoms with E-state index in [1.165, 1.54) is 19.3 Å². The monoisotopic (exact) mass is 215 g/mol. The third kappa shape index (κ3) is 3.16. The number of hydrogen-bond acceptors (Lipinski definition) is 3. The maximum absolute atomic E-state index is 5.25. The van der Waals surface area contributed by atoms with Crippen LogP contribution in [0.25, 0.3) is 0 Å². The topological polar surface area (TPSA) is 30.5 Å². The zero-order chi connectivity index (χ0) is 11.5. The van der Waals surface area contributed by atoms with Gasteiger partial charge in [0.05, 0.1) is 6.04 Å². The fourth-order valence-corrected chi connectivity index (χ4v) is 2.54. The van der Waals surface area contributed by atoms with Crippen LogP contribution < -0.4 is 5.32 Å². The molecule has 1 fully saturated rings. The summed E-state index contributed by atoms with van der Waals surface area (Å²) in [5.41, 5.74) is 0.403. The maximum Gasteiger partial charge on any atom is 0.171 e. The average Bonchev–Trinajstić information content (AvgIpc) is 2.48. The van der Waals surface area contributed by atoms with Crippen molar-refractivity contribution in [1.82, 2.24) is 5.32 Å². The van der Waals surface area contributed by atoms with E-state index in [-0.39, 0.29) is 12.3 Å². The molecule has 1 N–H and O–H groups in total. The third-order valence-corrected chi connectivity index (χ3v) is 3.59. The molecule has 0 amide bonds. The molecule has 0 bridgehead atoms. The van der Waals surface area contributed by atoms with Gasteiger partial charge in [0.25, 0.3) is 0 Å². The van der Waals surface area contributed by atoms with Gasteiger partial charge < -0.3 is 14.8 Å². The second-order valence-electron chi connectivity index (χ2n) is 5.23. The first-order chi connectivity index (χ1) is 7.01. The Kier molecular flexibility index (Phi) is 4.56. The molecule has 1 saturated carbocycles. The van der Waals surface area contributed by atoms with Gasteiger partial charge in [-0.25, -0.2) is 0 Å². The van der Waals surface area contributed by atoms with Gasteiger partial charge in [-0.05, 0) is 25.2 Å². The first-order valence-electron chi connectivity index (χ1n) is 5.83. The molecule has 3 heteroatoms. The predicted molar refractivity (Wildman–Crippen MR) is 61.8 cm³/mol. The quantitative estimate of drug-likeness (QED) is 0.713. The van der Waals surface area contributed by atoms with Gasteiger partial charge in [-0.15, -0.1) is 0 Å². The van der Waals surface area contributed by atoms with Gasteiger partial charge in [0.15, 0.2) is 6.29 Å².